The highest BCUT2D eigenvalue weighted by atomic mass is 79.9. The summed E-state index contributed by atoms with van der Waals surface area (Å²) in [6, 6.07) is 0.422. The lowest BCUT2D eigenvalue weighted by molar-refractivity contribution is 0.181. The van der Waals surface area contributed by atoms with E-state index >= 15 is 0 Å². The SMILES string of the molecule is COCCn1ncc(NC2CCCSC2)c(Br)c1=O. The summed E-state index contributed by atoms with van der Waals surface area (Å²) < 4.78 is 6.92. The van der Waals surface area contributed by atoms with E-state index in [1.54, 1.807) is 13.3 Å². The maximum Gasteiger partial charge on any atom is 0.283 e. The molecule has 1 saturated heterocycles. The molecular formula is C12H18BrN3O2S. The van der Waals surface area contributed by atoms with Crippen LogP contribution in [-0.2, 0) is 11.3 Å². The van der Waals surface area contributed by atoms with Crippen LogP contribution in [0.3, 0.4) is 0 Å². The summed E-state index contributed by atoms with van der Waals surface area (Å²) in [6.07, 6.45) is 4.07. The number of aromatic nitrogens is 2. The van der Waals surface area contributed by atoms with Gasteiger partial charge in [-0.05, 0) is 34.5 Å². The topological polar surface area (TPSA) is 56.1 Å². The molecule has 0 aliphatic carbocycles. The van der Waals surface area contributed by atoms with Crippen LogP contribution < -0.4 is 10.9 Å². The number of hydrogen-bond donors (Lipinski definition) is 1. The van der Waals surface area contributed by atoms with Crippen molar-refractivity contribution in [2.45, 2.75) is 25.4 Å². The molecule has 1 aromatic rings. The Bertz CT molecular complexity index is 475. The van der Waals surface area contributed by atoms with Crippen LogP contribution in [0.1, 0.15) is 12.8 Å². The summed E-state index contributed by atoms with van der Waals surface area (Å²) in [5.74, 6) is 2.31. The van der Waals surface area contributed by atoms with Gasteiger partial charge in [0.1, 0.15) is 4.47 Å². The number of nitrogens with zero attached hydrogens (tertiary/aromatic N) is 2. The van der Waals surface area contributed by atoms with E-state index in [1.165, 1.54) is 16.9 Å². The van der Waals surface area contributed by atoms with Crippen molar-refractivity contribution >= 4 is 33.4 Å². The van der Waals surface area contributed by atoms with E-state index in [1.807, 2.05) is 11.8 Å². The van der Waals surface area contributed by atoms with Crippen LogP contribution in [-0.4, -0.2) is 41.0 Å². The number of ether oxygens (including phenoxy) is 1. The molecule has 5 nitrogen and oxygen atoms in total. The van der Waals surface area contributed by atoms with Gasteiger partial charge in [-0.1, -0.05) is 0 Å². The number of hydrogen-bond acceptors (Lipinski definition) is 5. The third-order valence-electron chi connectivity index (χ3n) is 3.01. The molecule has 19 heavy (non-hydrogen) atoms. The zero-order valence-electron chi connectivity index (χ0n) is 10.9. The van der Waals surface area contributed by atoms with E-state index in [4.69, 9.17) is 4.74 Å². The summed E-state index contributed by atoms with van der Waals surface area (Å²) in [5, 5.41) is 7.57. The molecule has 2 rings (SSSR count). The summed E-state index contributed by atoms with van der Waals surface area (Å²) in [7, 11) is 1.61. The molecule has 0 radical (unpaired) electrons. The Balaban J connectivity index is 2.09. The van der Waals surface area contributed by atoms with E-state index in [-0.39, 0.29) is 5.56 Å². The van der Waals surface area contributed by atoms with Crippen molar-refractivity contribution in [3.05, 3.63) is 21.0 Å². The van der Waals surface area contributed by atoms with Gasteiger partial charge in [-0.3, -0.25) is 4.79 Å². The van der Waals surface area contributed by atoms with Crippen molar-refractivity contribution in [1.29, 1.82) is 0 Å². The first-order chi connectivity index (χ1) is 9.22. The second-order valence-electron chi connectivity index (χ2n) is 4.45. The first-order valence-corrected chi connectivity index (χ1v) is 8.26. The van der Waals surface area contributed by atoms with Crippen molar-refractivity contribution in [2.24, 2.45) is 0 Å². The Morgan fingerprint density at radius 2 is 2.53 bits per heavy atom. The highest BCUT2D eigenvalue weighted by Gasteiger charge is 2.16. The highest BCUT2D eigenvalue weighted by molar-refractivity contribution is 9.10. The van der Waals surface area contributed by atoms with Crippen molar-refractivity contribution in [1.82, 2.24) is 9.78 Å². The van der Waals surface area contributed by atoms with Crippen molar-refractivity contribution in [3.8, 4) is 0 Å². The van der Waals surface area contributed by atoms with E-state index < -0.39 is 0 Å². The largest absolute Gasteiger partial charge is 0.383 e. The van der Waals surface area contributed by atoms with Crippen LogP contribution in [0.2, 0.25) is 0 Å². The lowest BCUT2D eigenvalue weighted by Crippen LogP contribution is -2.30. The Morgan fingerprint density at radius 1 is 1.68 bits per heavy atom. The fraction of sp³-hybridized carbons (Fsp3) is 0.667. The molecular weight excluding hydrogens is 330 g/mol. The number of anilines is 1. The van der Waals surface area contributed by atoms with Gasteiger partial charge in [-0.25, -0.2) is 4.68 Å². The normalized spacial score (nSPS) is 19.4. The Kier molecular flexibility index (Phi) is 5.72. The van der Waals surface area contributed by atoms with Gasteiger partial charge in [0.2, 0.25) is 0 Å². The van der Waals surface area contributed by atoms with Crippen molar-refractivity contribution in [3.63, 3.8) is 0 Å². The summed E-state index contributed by atoms with van der Waals surface area (Å²) in [6.45, 7) is 0.943. The van der Waals surface area contributed by atoms with E-state index in [2.05, 4.69) is 26.3 Å². The first-order valence-electron chi connectivity index (χ1n) is 6.31. The molecule has 1 atom stereocenters. The third-order valence-corrected chi connectivity index (χ3v) is 4.99. The molecule has 0 aromatic carbocycles. The number of methoxy groups -OCH3 is 1. The fourth-order valence-electron chi connectivity index (χ4n) is 1.98. The highest BCUT2D eigenvalue weighted by Crippen LogP contribution is 2.23. The fourth-order valence-corrected chi connectivity index (χ4v) is 3.47. The van der Waals surface area contributed by atoms with Crippen LogP contribution in [0.15, 0.2) is 15.5 Å². The quantitative estimate of drug-likeness (QED) is 0.882. The van der Waals surface area contributed by atoms with Gasteiger partial charge in [-0.15, -0.1) is 0 Å². The monoisotopic (exact) mass is 347 g/mol. The Morgan fingerprint density at radius 3 is 3.21 bits per heavy atom. The maximum atomic E-state index is 12.1. The number of nitrogens with one attached hydrogen (secondary N) is 1. The lowest BCUT2D eigenvalue weighted by atomic mass is 10.2. The van der Waals surface area contributed by atoms with E-state index in [0.29, 0.717) is 23.7 Å². The standard InChI is InChI=1S/C12H18BrN3O2S/c1-18-5-4-16-12(17)11(13)10(7-14-16)15-9-3-2-6-19-8-9/h7,9,15H,2-6,8H2,1H3. The molecule has 7 heteroatoms. The minimum atomic E-state index is -0.120. The van der Waals surface area contributed by atoms with Gasteiger partial charge in [0.25, 0.3) is 5.56 Å². The predicted octanol–water partition coefficient (Wildman–Crippen LogP) is 1.96. The summed E-state index contributed by atoms with van der Waals surface area (Å²) in [4.78, 5) is 12.1. The Hall–Kier alpha value is -0.530. The van der Waals surface area contributed by atoms with Gasteiger partial charge in [-0.2, -0.15) is 16.9 Å². The van der Waals surface area contributed by atoms with Gasteiger partial charge < -0.3 is 10.1 Å². The molecule has 1 N–H and O–H groups in total. The number of halogens is 1. The molecule has 1 aliphatic rings. The minimum absolute atomic E-state index is 0.120. The zero-order chi connectivity index (χ0) is 13.7. The van der Waals surface area contributed by atoms with Crippen LogP contribution in [0, 0.1) is 0 Å². The van der Waals surface area contributed by atoms with Gasteiger partial charge in [0.15, 0.2) is 0 Å². The maximum absolute atomic E-state index is 12.1. The average molecular weight is 348 g/mol. The first kappa shape index (κ1) is 14.9. The van der Waals surface area contributed by atoms with Crippen LogP contribution in [0.5, 0.6) is 0 Å². The minimum Gasteiger partial charge on any atom is -0.383 e. The molecule has 106 valence electrons. The zero-order valence-corrected chi connectivity index (χ0v) is 13.3. The van der Waals surface area contributed by atoms with Crippen LogP contribution >= 0.6 is 27.7 Å². The molecule has 0 bridgehead atoms. The summed E-state index contributed by atoms with van der Waals surface area (Å²) in [5.41, 5.74) is 0.664. The smallest absolute Gasteiger partial charge is 0.283 e. The molecule has 1 fully saturated rings. The lowest BCUT2D eigenvalue weighted by Gasteiger charge is -2.23. The summed E-state index contributed by atoms with van der Waals surface area (Å²) >= 11 is 5.31. The third kappa shape index (κ3) is 3.97. The average Bonchev–Trinajstić information content (AvgIpc) is 2.44. The molecule has 0 saturated carbocycles. The molecule has 0 spiro atoms. The predicted molar refractivity (Wildman–Crippen MR) is 82.0 cm³/mol. The molecule has 1 unspecified atom stereocenters. The van der Waals surface area contributed by atoms with Gasteiger partial charge >= 0.3 is 0 Å². The second-order valence-corrected chi connectivity index (χ2v) is 6.39. The van der Waals surface area contributed by atoms with Gasteiger partial charge in [0.05, 0.1) is 25.0 Å². The van der Waals surface area contributed by atoms with Gasteiger partial charge in [0, 0.05) is 18.9 Å². The van der Waals surface area contributed by atoms with E-state index in [9.17, 15) is 4.79 Å². The molecule has 0 amide bonds. The molecule has 2 heterocycles. The second kappa shape index (κ2) is 7.31. The van der Waals surface area contributed by atoms with Crippen molar-refractivity contribution < 1.29 is 4.74 Å². The van der Waals surface area contributed by atoms with Crippen molar-refractivity contribution in [2.75, 3.05) is 30.5 Å². The van der Waals surface area contributed by atoms with Crippen LogP contribution in [0.4, 0.5) is 5.69 Å². The molecule has 1 aliphatic heterocycles. The number of thioether (sulfide) groups is 1. The van der Waals surface area contributed by atoms with Crippen LogP contribution in [0.25, 0.3) is 0 Å². The van der Waals surface area contributed by atoms with E-state index in [0.717, 1.165) is 17.9 Å². The number of rotatable bonds is 5. The molecule has 1 aromatic heterocycles. The Labute approximate surface area is 125 Å².